The summed E-state index contributed by atoms with van der Waals surface area (Å²) in [5.74, 6) is -1.77. The average Bonchev–Trinajstić information content (AvgIpc) is 3.15. The van der Waals surface area contributed by atoms with Crippen LogP contribution in [0.1, 0.15) is 28.8 Å². The normalized spacial score (nSPS) is 15.4. The summed E-state index contributed by atoms with van der Waals surface area (Å²) in [6.45, 7) is 2.20. The SMILES string of the molecule is COc1ccc(C)cc1N1CC(C(=O)Nc2ccc(C(=O)NCCC(=O)O)cc2)CC1=O. The highest BCUT2D eigenvalue weighted by Gasteiger charge is 2.36. The van der Waals surface area contributed by atoms with Crippen LogP contribution < -0.4 is 20.3 Å². The van der Waals surface area contributed by atoms with E-state index in [4.69, 9.17) is 9.84 Å². The highest BCUT2D eigenvalue weighted by Crippen LogP contribution is 2.34. The topological polar surface area (TPSA) is 125 Å². The number of benzene rings is 2. The Bertz CT molecular complexity index is 1030. The van der Waals surface area contributed by atoms with Crippen LogP contribution in [0, 0.1) is 12.8 Å². The Morgan fingerprint density at radius 2 is 1.88 bits per heavy atom. The van der Waals surface area contributed by atoms with Crippen molar-refractivity contribution in [1.82, 2.24) is 5.32 Å². The number of hydrogen-bond acceptors (Lipinski definition) is 5. The molecule has 0 radical (unpaired) electrons. The second-order valence-corrected chi connectivity index (χ2v) is 7.55. The predicted molar refractivity (Wildman–Crippen MR) is 118 cm³/mol. The zero-order valence-electron chi connectivity index (χ0n) is 17.9. The molecule has 1 saturated heterocycles. The molecule has 0 spiro atoms. The lowest BCUT2D eigenvalue weighted by atomic mass is 10.1. The summed E-state index contributed by atoms with van der Waals surface area (Å²) in [5.41, 5.74) is 2.47. The summed E-state index contributed by atoms with van der Waals surface area (Å²) in [5, 5.41) is 13.9. The van der Waals surface area contributed by atoms with Crippen molar-refractivity contribution in [3.63, 3.8) is 0 Å². The molecule has 1 fully saturated rings. The minimum absolute atomic E-state index is 0.0323. The summed E-state index contributed by atoms with van der Waals surface area (Å²) in [4.78, 5) is 49.4. The number of methoxy groups -OCH3 is 1. The van der Waals surface area contributed by atoms with Crippen LogP contribution in [0.2, 0.25) is 0 Å². The fraction of sp³-hybridized carbons (Fsp3) is 0.304. The number of carboxylic acid groups (broad SMARTS) is 1. The van der Waals surface area contributed by atoms with Gasteiger partial charge in [-0.15, -0.1) is 0 Å². The number of ether oxygens (including phenoxy) is 1. The number of aliphatic carboxylic acids is 1. The van der Waals surface area contributed by atoms with Crippen molar-refractivity contribution in [1.29, 1.82) is 0 Å². The molecule has 168 valence electrons. The number of rotatable bonds is 8. The number of carbonyl (C=O) groups is 4. The van der Waals surface area contributed by atoms with Crippen LogP contribution >= 0.6 is 0 Å². The maximum Gasteiger partial charge on any atom is 0.305 e. The van der Waals surface area contributed by atoms with E-state index in [0.29, 0.717) is 22.7 Å². The summed E-state index contributed by atoms with van der Waals surface area (Å²) >= 11 is 0. The smallest absolute Gasteiger partial charge is 0.305 e. The lowest BCUT2D eigenvalue weighted by molar-refractivity contribution is -0.136. The lowest BCUT2D eigenvalue weighted by Crippen LogP contribution is -2.28. The first-order chi connectivity index (χ1) is 15.3. The number of anilines is 2. The van der Waals surface area contributed by atoms with Gasteiger partial charge >= 0.3 is 5.97 Å². The monoisotopic (exact) mass is 439 g/mol. The van der Waals surface area contributed by atoms with Gasteiger partial charge in [0, 0.05) is 30.8 Å². The second kappa shape index (κ2) is 9.95. The number of amides is 3. The van der Waals surface area contributed by atoms with Crippen molar-refractivity contribution in [2.45, 2.75) is 19.8 Å². The quantitative estimate of drug-likeness (QED) is 0.579. The zero-order chi connectivity index (χ0) is 23.3. The highest BCUT2D eigenvalue weighted by molar-refractivity contribution is 6.04. The van der Waals surface area contributed by atoms with Gasteiger partial charge in [-0.05, 0) is 48.9 Å². The summed E-state index contributed by atoms with van der Waals surface area (Å²) < 4.78 is 5.36. The number of aryl methyl sites for hydroxylation is 1. The van der Waals surface area contributed by atoms with E-state index < -0.39 is 17.8 Å². The Kier molecular flexibility index (Phi) is 7.09. The van der Waals surface area contributed by atoms with Gasteiger partial charge in [-0.1, -0.05) is 6.07 Å². The molecule has 0 bridgehead atoms. The number of carbonyl (C=O) groups excluding carboxylic acids is 3. The van der Waals surface area contributed by atoms with E-state index in [-0.39, 0.29) is 37.7 Å². The van der Waals surface area contributed by atoms with E-state index in [2.05, 4.69) is 10.6 Å². The molecular weight excluding hydrogens is 414 g/mol. The molecule has 1 aliphatic heterocycles. The maximum atomic E-state index is 12.7. The first-order valence-electron chi connectivity index (χ1n) is 10.1. The summed E-state index contributed by atoms with van der Waals surface area (Å²) in [6.07, 6.45) is -0.0710. The fourth-order valence-corrected chi connectivity index (χ4v) is 3.46. The molecule has 0 aliphatic carbocycles. The molecule has 0 aromatic heterocycles. The third kappa shape index (κ3) is 5.42. The van der Waals surface area contributed by atoms with Crippen molar-refractivity contribution in [2.24, 2.45) is 5.92 Å². The minimum atomic E-state index is -0.992. The van der Waals surface area contributed by atoms with Gasteiger partial charge in [-0.3, -0.25) is 19.2 Å². The first kappa shape index (κ1) is 22.8. The van der Waals surface area contributed by atoms with E-state index in [1.807, 2.05) is 19.1 Å². The van der Waals surface area contributed by atoms with Crippen molar-refractivity contribution in [3.8, 4) is 5.75 Å². The third-order valence-corrected chi connectivity index (χ3v) is 5.16. The van der Waals surface area contributed by atoms with Gasteiger partial charge in [0.2, 0.25) is 11.8 Å². The molecule has 2 aromatic rings. The maximum absolute atomic E-state index is 12.7. The second-order valence-electron chi connectivity index (χ2n) is 7.55. The van der Waals surface area contributed by atoms with E-state index >= 15 is 0 Å². The largest absolute Gasteiger partial charge is 0.495 e. The fourth-order valence-electron chi connectivity index (χ4n) is 3.46. The number of carboxylic acids is 1. The van der Waals surface area contributed by atoms with Gasteiger partial charge < -0.3 is 25.4 Å². The van der Waals surface area contributed by atoms with Crippen molar-refractivity contribution < 1.29 is 29.0 Å². The molecule has 3 N–H and O–H groups in total. The van der Waals surface area contributed by atoms with E-state index in [9.17, 15) is 19.2 Å². The first-order valence-corrected chi connectivity index (χ1v) is 10.1. The average molecular weight is 439 g/mol. The van der Waals surface area contributed by atoms with Gasteiger partial charge in [-0.25, -0.2) is 0 Å². The summed E-state index contributed by atoms with van der Waals surface area (Å²) in [6, 6.07) is 11.8. The Morgan fingerprint density at radius 1 is 1.16 bits per heavy atom. The van der Waals surface area contributed by atoms with Crippen LogP contribution in [0.15, 0.2) is 42.5 Å². The van der Waals surface area contributed by atoms with Crippen LogP contribution in [-0.4, -0.2) is 49.0 Å². The molecule has 1 unspecified atom stereocenters. The number of nitrogens with zero attached hydrogens (tertiary/aromatic N) is 1. The van der Waals surface area contributed by atoms with Gasteiger partial charge in [0.1, 0.15) is 5.75 Å². The van der Waals surface area contributed by atoms with E-state index in [1.54, 1.807) is 23.1 Å². The van der Waals surface area contributed by atoms with Crippen LogP contribution in [0.4, 0.5) is 11.4 Å². The van der Waals surface area contributed by atoms with Gasteiger partial charge in [0.05, 0.1) is 25.1 Å². The van der Waals surface area contributed by atoms with Crippen LogP contribution in [-0.2, 0) is 14.4 Å². The molecule has 32 heavy (non-hydrogen) atoms. The Balaban J connectivity index is 1.61. The van der Waals surface area contributed by atoms with E-state index in [1.165, 1.54) is 19.2 Å². The molecular formula is C23H25N3O6. The van der Waals surface area contributed by atoms with Gasteiger partial charge in [0.15, 0.2) is 0 Å². The van der Waals surface area contributed by atoms with Gasteiger partial charge in [-0.2, -0.15) is 0 Å². The van der Waals surface area contributed by atoms with Crippen LogP contribution in [0.25, 0.3) is 0 Å². The standard InChI is InChI=1S/C23H25N3O6/c1-14-3-8-19(32-2)18(11-14)26-13-16(12-20(26)27)23(31)25-17-6-4-15(5-7-17)22(30)24-10-9-21(28)29/h3-8,11,16H,9-10,12-13H2,1-2H3,(H,24,30)(H,25,31)(H,28,29). The zero-order valence-corrected chi connectivity index (χ0v) is 17.9. The third-order valence-electron chi connectivity index (χ3n) is 5.16. The molecule has 0 saturated carbocycles. The van der Waals surface area contributed by atoms with Crippen LogP contribution in [0.5, 0.6) is 5.75 Å². The highest BCUT2D eigenvalue weighted by atomic mass is 16.5. The lowest BCUT2D eigenvalue weighted by Gasteiger charge is -2.20. The Morgan fingerprint density at radius 3 is 2.53 bits per heavy atom. The molecule has 3 rings (SSSR count). The molecule has 2 aromatic carbocycles. The molecule has 3 amide bonds. The number of hydrogen-bond donors (Lipinski definition) is 3. The molecule has 9 heteroatoms. The van der Waals surface area contributed by atoms with Crippen LogP contribution in [0.3, 0.4) is 0 Å². The number of nitrogens with one attached hydrogen (secondary N) is 2. The van der Waals surface area contributed by atoms with Crippen molar-refractivity contribution in [3.05, 3.63) is 53.6 Å². The molecule has 1 heterocycles. The van der Waals surface area contributed by atoms with E-state index in [0.717, 1.165) is 5.56 Å². The Hall–Kier alpha value is -3.88. The van der Waals surface area contributed by atoms with Gasteiger partial charge in [0.25, 0.3) is 5.91 Å². The summed E-state index contributed by atoms with van der Waals surface area (Å²) in [7, 11) is 1.54. The molecule has 1 aliphatic rings. The molecule has 1 atom stereocenters. The minimum Gasteiger partial charge on any atom is -0.495 e. The Labute approximate surface area is 185 Å². The molecule has 9 nitrogen and oxygen atoms in total. The van der Waals surface area contributed by atoms with Crippen molar-refractivity contribution in [2.75, 3.05) is 30.4 Å². The van der Waals surface area contributed by atoms with Crippen molar-refractivity contribution >= 4 is 35.1 Å². The predicted octanol–water partition coefficient (Wildman–Crippen LogP) is 2.20.